The van der Waals surface area contributed by atoms with Crippen LogP contribution in [-0.2, 0) is 0 Å². The molecule has 1 amide bonds. The van der Waals surface area contributed by atoms with Crippen molar-refractivity contribution in [2.75, 3.05) is 46.3 Å². The second-order valence-electron chi connectivity index (χ2n) is 7.63. The van der Waals surface area contributed by atoms with Crippen LogP contribution in [0, 0.1) is 17.0 Å². The van der Waals surface area contributed by atoms with Crippen LogP contribution < -0.4 is 14.4 Å². The molecule has 0 aliphatic rings. The van der Waals surface area contributed by atoms with Crippen LogP contribution in [0.1, 0.15) is 22.3 Å². The summed E-state index contributed by atoms with van der Waals surface area (Å²) in [6.45, 7) is 2.96. The van der Waals surface area contributed by atoms with E-state index in [1.54, 1.807) is 6.07 Å². The van der Waals surface area contributed by atoms with E-state index in [1.165, 1.54) is 42.6 Å². The quantitative estimate of drug-likeness (QED) is 0.278. The van der Waals surface area contributed by atoms with Gasteiger partial charge in [0.1, 0.15) is 5.56 Å². The lowest BCUT2D eigenvalue weighted by molar-refractivity contribution is -0.385. The number of rotatable bonds is 9. The molecular formula is C22H26Cl2N4O5S. The van der Waals surface area contributed by atoms with Gasteiger partial charge < -0.3 is 14.4 Å². The Morgan fingerprint density at radius 1 is 1.18 bits per heavy atom. The summed E-state index contributed by atoms with van der Waals surface area (Å²) in [4.78, 5) is 33.0. The van der Waals surface area contributed by atoms with Gasteiger partial charge in [0.2, 0.25) is 0 Å². The molecule has 0 aliphatic carbocycles. The topological polar surface area (TPSA) is 98.0 Å². The number of thiazole rings is 1. The molecule has 9 nitrogen and oxygen atoms in total. The molecule has 184 valence electrons. The summed E-state index contributed by atoms with van der Waals surface area (Å²) in [6, 6.07) is 6.19. The van der Waals surface area contributed by atoms with Crippen molar-refractivity contribution in [1.29, 1.82) is 0 Å². The van der Waals surface area contributed by atoms with Crippen molar-refractivity contribution < 1.29 is 19.2 Å². The fourth-order valence-electron chi connectivity index (χ4n) is 3.37. The third kappa shape index (κ3) is 5.69. The van der Waals surface area contributed by atoms with Crippen LogP contribution in [0.2, 0.25) is 5.02 Å². The highest BCUT2D eigenvalue weighted by molar-refractivity contribution is 7.23. The zero-order valence-corrected chi connectivity index (χ0v) is 21.8. The molecule has 0 bridgehead atoms. The number of nitro groups is 1. The fraction of sp³-hybridized carbons (Fsp3) is 0.364. The van der Waals surface area contributed by atoms with Gasteiger partial charge in [-0.2, -0.15) is 0 Å². The molecule has 34 heavy (non-hydrogen) atoms. The van der Waals surface area contributed by atoms with Crippen LogP contribution >= 0.6 is 35.3 Å². The molecule has 0 atom stereocenters. The van der Waals surface area contributed by atoms with Gasteiger partial charge in [0.15, 0.2) is 16.6 Å². The predicted octanol–water partition coefficient (Wildman–Crippen LogP) is 5.20. The Hall–Kier alpha value is -2.66. The predicted molar refractivity (Wildman–Crippen MR) is 138 cm³/mol. The number of nitrogens with zero attached hydrogens (tertiary/aromatic N) is 4. The number of benzene rings is 2. The van der Waals surface area contributed by atoms with E-state index in [4.69, 9.17) is 21.1 Å². The zero-order valence-electron chi connectivity index (χ0n) is 19.5. The molecule has 0 fully saturated rings. The summed E-state index contributed by atoms with van der Waals surface area (Å²) in [6.07, 6.45) is 0.641. The Labute approximate surface area is 212 Å². The Morgan fingerprint density at radius 3 is 2.38 bits per heavy atom. The molecule has 3 aromatic rings. The first-order valence-corrected chi connectivity index (χ1v) is 11.3. The van der Waals surface area contributed by atoms with Crippen molar-refractivity contribution in [3.63, 3.8) is 0 Å². The zero-order chi connectivity index (χ0) is 24.3. The molecule has 12 heteroatoms. The van der Waals surface area contributed by atoms with Crippen molar-refractivity contribution in [2.24, 2.45) is 0 Å². The Bertz CT molecular complexity index is 1160. The molecule has 0 radical (unpaired) electrons. The fourth-order valence-corrected chi connectivity index (χ4v) is 4.71. The molecule has 0 saturated heterocycles. The minimum Gasteiger partial charge on any atom is -0.493 e. The largest absolute Gasteiger partial charge is 0.493 e. The number of hydrogen-bond acceptors (Lipinski definition) is 8. The first-order chi connectivity index (χ1) is 15.7. The van der Waals surface area contributed by atoms with Crippen molar-refractivity contribution in [1.82, 2.24) is 9.88 Å². The van der Waals surface area contributed by atoms with Gasteiger partial charge in [-0.3, -0.25) is 19.8 Å². The second-order valence-corrected chi connectivity index (χ2v) is 9.02. The van der Waals surface area contributed by atoms with E-state index < -0.39 is 10.8 Å². The van der Waals surface area contributed by atoms with Crippen LogP contribution in [0.3, 0.4) is 0 Å². The van der Waals surface area contributed by atoms with Gasteiger partial charge in [0.05, 0.1) is 40.4 Å². The lowest BCUT2D eigenvalue weighted by atomic mass is 10.1. The second kappa shape index (κ2) is 11.7. The number of anilines is 1. The first kappa shape index (κ1) is 27.6. The summed E-state index contributed by atoms with van der Waals surface area (Å²) < 4.78 is 11.2. The molecule has 0 N–H and O–H groups in total. The van der Waals surface area contributed by atoms with Crippen molar-refractivity contribution in [3.8, 4) is 11.5 Å². The monoisotopic (exact) mass is 528 g/mol. The van der Waals surface area contributed by atoms with Crippen molar-refractivity contribution in [3.05, 3.63) is 50.5 Å². The number of amides is 1. The lowest BCUT2D eigenvalue weighted by Crippen LogP contribution is -2.34. The average molecular weight is 529 g/mol. The molecule has 2 aromatic carbocycles. The highest BCUT2D eigenvalue weighted by Crippen LogP contribution is 2.39. The molecule has 1 heterocycles. The smallest absolute Gasteiger partial charge is 0.286 e. The maximum atomic E-state index is 13.7. The standard InChI is InChI=1S/C22H25ClN4O5S.ClH/c1-13-7-8-15(23)20-19(13)24-22(33-20)26(10-6-9-25(2)3)21(28)14-11-17(31-4)18(32-5)12-16(14)27(29)30;/h7-8,11-12H,6,9-10H2,1-5H3;1H. The molecule has 0 aliphatic heterocycles. The third-order valence-electron chi connectivity index (χ3n) is 5.08. The highest BCUT2D eigenvalue weighted by atomic mass is 35.5. The van der Waals surface area contributed by atoms with E-state index in [1.807, 2.05) is 32.0 Å². The van der Waals surface area contributed by atoms with Gasteiger partial charge in [0, 0.05) is 12.6 Å². The minimum absolute atomic E-state index is 0. The molecule has 3 rings (SSSR count). The van der Waals surface area contributed by atoms with E-state index in [9.17, 15) is 14.9 Å². The van der Waals surface area contributed by atoms with E-state index in [0.717, 1.165) is 16.8 Å². The number of halogens is 2. The van der Waals surface area contributed by atoms with Crippen LogP contribution in [0.15, 0.2) is 24.3 Å². The van der Waals surface area contributed by atoms with Gasteiger partial charge in [-0.1, -0.05) is 29.0 Å². The van der Waals surface area contributed by atoms with Crippen LogP contribution in [0.25, 0.3) is 10.2 Å². The maximum absolute atomic E-state index is 13.7. The number of ether oxygens (including phenoxy) is 2. The van der Waals surface area contributed by atoms with E-state index in [2.05, 4.69) is 4.98 Å². The van der Waals surface area contributed by atoms with E-state index >= 15 is 0 Å². The van der Waals surface area contributed by atoms with Crippen molar-refractivity contribution >= 4 is 62.3 Å². The van der Waals surface area contributed by atoms with Gasteiger partial charge >= 0.3 is 0 Å². The average Bonchev–Trinajstić information content (AvgIpc) is 3.24. The number of fused-ring (bicyclic) bond motifs is 1. The Morgan fingerprint density at radius 2 is 1.82 bits per heavy atom. The number of hydrogen-bond donors (Lipinski definition) is 0. The molecule has 0 unspecified atom stereocenters. The first-order valence-electron chi connectivity index (χ1n) is 10.1. The molecule has 0 saturated carbocycles. The van der Waals surface area contributed by atoms with Gasteiger partial charge in [-0.05, 0) is 45.6 Å². The third-order valence-corrected chi connectivity index (χ3v) is 6.62. The van der Waals surface area contributed by atoms with Crippen molar-refractivity contribution in [2.45, 2.75) is 13.3 Å². The minimum atomic E-state index is -0.605. The highest BCUT2D eigenvalue weighted by Gasteiger charge is 2.30. The van der Waals surface area contributed by atoms with Crippen LogP contribution in [0.5, 0.6) is 11.5 Å². The number of carbonyl (C=O) groups is 1. The summed E-state index contributed by atoms with van der Waals surface area (Å²) in [5.74, 6) is -0.153. The number of aromatic nitrogens is 1. The lowest BCUT2D eigenvalue weighted by Gasteiger charge is -2.21. The number of aryl methyl sites for hydroxylation is 1. The molecule has 1 aromatic heterocycles. The Balaban J connectivity index is 0.00000408. The molecular weight excluding hydrogens is 503 g/mol. The van der Waals surface area contributed by atoms with Gasteiger partial charge in [-0.25, -0.2) is 4.98 Å². The van der Waals surface area contributed by atoms with E-state index in [-0.39, 0.29) is 35.2 Å². The number of methoxy groups -OCH3 is 2. The summed E-state index contributed by atoms with van der Waals surface area (Å²) >= 11 is 7.65. The van der Waals surface area contributed by atoms with E-state index in [0.29, 0.717) is 28.6 Å². The Kier molecular flexibility index (Phi) is 9.45. The van der Waals surface area contributed by atoms with Crippen LogP contribution in [0.4, 0.5) is 10.8 Å². The van der Waals surface area contributed by atoms with Crippen LogP contribution in [-0.4, -0.2) is 62.1 Å². The SMILES string of the molecule is COc1cc(C(=O)N(CCCN(C)C)c2nc3c(C)ccc(Cl)c3s2)c([N+](=O)[O-])cc1OC.Cl. The summed E-state index contributed by atoms with van der Waals surface area (Å²) in [7, 11) is 6.66. The van der Waals surface area contributed by atoms with Gasteiger partial charge in [-0.15, -0.1) is 12.4 Å². The summed E-state index contributed by atoms with van der Waals surface area (Å²) in [5.41, 5.74) is 1.15. The summed E-state index contributed by atoms with van der Waals surface area (Å²) in [5, 5.41) is 12.8. The molecule has 0 spiro atoms. The maximum Gasteiger partial charge on any atom is 0.286 e. The van der Waals surface area contributed by atoms with Gasteiger partial charge in [0.25, 0.3) is 11.6 Å². The number of carbonyl (C=O) groups excluding carboxylic acids is 1. The number of nitro benzene ring substituents is 1. The normalized spacial score (nSPS) is 10.8.